The molecule has 1 unspecified atom stereocenters. The summed E-state index contributed by atoms with van der Waals surface area (Å²) >= 11 is 0. The lowest BCUT2D eigenvalue weighted by molar-refractivity contribution is 0.495. The minimum absolute atomic E-state index is 0.167. The van der Waals surface area contributed by atoms with Crippen LogP contribution in [-0.2, 0) is 0 Å². The first kappa shape index (κ1) is 25.9. The minimum atomic E-state index is -2.49. The van der Waals surface area contributed by atoms with Crippen LogP contribution in [0, 0.1) is 5.41 Å². The SMILES string of the molecule is CC1=Cc2c(cccc2[Si](C)(C)C)C1[Si](C1=C(C)C=C(C(C)(C)C)C1)(c1ccccc1)c1ccccc1. The second-order valence-corrected chi connectivity index (χ2v) is 22.2. The first-order chi connectivity index (χ1) is 17.5. The van der Waals surface area contributed by atoms with Gasteiger partial charge < -0.3 is 0 Å². The number of fused-ring (bicyclic) bond motifs is 1. The summed E-state index contributed by atoms with van der Waals surface area (Å²) in [6, 6.07) is 30.3. The van der Waals surface area contributed by atoms with Gasteiger partial charge in [0.25, 0.3) is 0 Å². The van der Waals surface area contributed by atoms with Crippen molar-refractivity contribution in [3.8, 4) is 0 Å². The molecule has 2 aliphatic rings. The van der Waals surface area contributed by atoms with Gasteiger partial charge in [-0.3, -0.25) is 0 Å². The van der Waals surface area contributed by atoms with Crippen molar-refractivity contribution in [2.75, 3.05) is 0 Å². The molecule has 0 spiro atoms. The summed E-state index contributed by atoms with van der Waals surface area (Å²) in [7, 11) is -3.99. The smallest absolute Gasteiger partial charge is 0.0669 e. The lowest BCUT2D eigenvalue weighted by Gasteiger charge is -2.42. The molecule has 2 aliphatic carbocycles. The fourth-order valence-electron chi connectivity index (χ4n) is 6.87. The monoisotopic (exact) mass is 518 g/mol. The third-order valence-electron chi connectivity index (χ3n) is 8.65. The van der Waals surface area contributed by atoms with E-state index in [9.17, 15) is 0 Å². The van der Waals surface area contributed by atoms with Crippen LogP contribution in [-0.4, -0.2) is 16.1 Å². The summed E-state index contributed by atoms with van der Waals surface area (Å²) in [6.45, 7) is 19.4. The molecule has 5 rings (SSSR count). The Morgan fingerprint density at radius 3 is 1.76 bits per heavy atom. The minimum Gasteiger partial charge on any atom is -0.0669 e. The first-order valence-electron chi connectivity index (χ1n) is 13.8. The fraction of sp³-hybridized carbons (Fsp3) is 0.314. The van der Waals surface area contributed by atoms with Crippen molar-refractivity contribution in [3.05, 3.63) is 118 Å². The van der Waals surface area contributed by atoms with Gasteiger partial charge >= 0.3 is 0 Å². The molecule has 2 heteroatoms. The first-order valence-corrected chi connectivity index (χ1v) is 19.4. The van der Waals surface area contributed by atoms with Crippen molar-refractivity contribution in [2.24, 2.45) is 5.41 Å². The van der Waals surface area contributed by atoms with E-state index in [1.54, 1.807) is 21.5 Å². The van der Waals surface area contributed by atoms with Crippen LogP contribution < -0.4 is 15.6 Å². The molecule has 0 N–H and O–H groups in total. The number of rotatable bonds is 5. The molecular weight excluding hydrogens is 477 g/mol. The molecule has 1 atom stereocenters. The second-order valence-electron chi connectivity index (χ2n) is 13.2. The van der Waals surface area contributed by atoms with Gasteiger partial charge in [0.1, 0.15) is 0 Å². The topological polar surface area (TPSA) is 0 Å². The summed E-state index contributed by atoms with van der Waals surface area (Å²) in [5.41, 5.74) is 8.23. The lowest BCUT2D eigenvalue weighted by Crippen LogP contribution is -2.64. The molecule has 37 heavy (non-hydrogen) atoms. The number of allylic oxidation sites excluding steroid dienone is 5. The molecule has 0 saturated heterocycles. The Balaban J connectivity index is 1.87. The normalized spacial score (nSPS) is 18.1. The highest BCUT2D eigenvalue weighted by Gasteiger charge is 2.52. The quantitative estimate of drug-likeness (QED) is 0.303. The van der Waals surface area contributed by atoms with Crippen LogP contribution in [0.3, 0.4) is 0 Å². The lowest BCUT2D eigenvalue weighted by atomic mass is 9.86. The van der Waals surface area contributed by atoms with Crippen LogP contribution in [0.2, 0.25) is 19.6 Å². The summed E-state index contributed by atoms with van der Waals surface area (Å²) < 4.78 is 0. The van der Waals surface area contributed by atoms with Gasteiger partial charge in [-0.15, -0.1) is 0 Å². The Hall–Kier alpha value is -2.69. The average molecular weight is 519 g/mol. The van der Waals surface area contributed by atoms with Gasteiger partial charge in [-0.25, -0.2) is 0 Å². The molecule has 0 amide bonds. The number of benzene rings is 3. The van der Waals surface area contributed by atoms with E-state index >= 15 is 0 Å². The number of hydrogen-bond donors (Lipinski definition) is 0. The van der Waals surface area contributed by atoms with Crippen molar-refractivity contribution in [1.29, 1.82) is 0 Å². The van der Waals surface area contributed by atoms with Gasteiger partial charge in [0, 0.05) is 5.54 Å². The Morgan fingerprint density at radius 2 is 1.27 bits per heavy atom. The molecule has 0 fully saturated rings. The van der Waals surface area contributed by atoms with Crippen LogP contribution in [0.15, 0.2) is 107 Å². The molecule has 0 heterocycles. The van der Waals surface area contributed by atoms with Gasteiger partial charge in [-0.1, -0.05) is 159 Å². The maximum atomic E-state index is 2.56. The van der Waals surface area contributed by atoms with E-state index in [0.29, 0.717) is 5.54 Å². The van der Waals surface area contributed by atoms with E-state index in [1.165, 1.54) is 27.1 Å². The summed E-state index contributed by atoms with van der Waals surface area (Å²) in [4.78, 5) is 0. The van der Waals surface area contributed by atoms with E-state index in [2.05, 4.69) is 145 Å². The molecule has 3 aromatic carbocycles. The number of hydrogen-bond acceptors (Lipinski definition) is 0. The Labute approximate surface area is 226 Å². The fourth-order valence-corrected chi connectivity index (χ4v) is 14.6. The largest absolute Gasteiger partial charge is 0.156 e. The van der Waals surface area contributed by atoms with Gasteiger partial charge in [0.05, 0.1) is 8.07 Å². The zero-order valence-electron chi connectivity index (χ0n) is 23.9. The molecule has 0 nitrogen and oxygen atoms in total. The zero-order valence-corrected chi connectivity index (χ0v) is 25.9. The Bertz CT molecular complexity index is 1370. The predicted octanol–water partition coefficient (Wildman–Crippen LogP) is 7.77. The van der Waals surface area contributed by atoms with Crippen LogP contribution in [0.5, 0.6) is 0 Å². The third kappa shape index (κ3) is 4.28. The Kier molecular flexibility index (Phi) is 6.49. The third-order valence-corrected chi connectivity index (χ3v) is 16.3. The van der Waals surface area contributed by atoms with Gasteiger partial charge in [-0.2, -0.15) is 0 Å². The van der Waals surface area contributed by atoms with E-state index < -0.39 is 16.1 Å². The molecular formula is C35H42Si2. The van der Waals surface area contributed by atoms with E-state index in [-0.39, 0.29) is 5.41 Å². The predicted molar refractivity (Wildman–Crippen MR) is 169 cm³/mol. The molecule has 0 saturated carbocycles. The highest BCUT2D eigenvalue weighted by atomic mass is 28.3. The molecule has 190 valence electrons. The van der Waals surface area contributed by atoms with E-state index in [0.717, 1.165) is 6.42 Å². The Morgan fingerprint density at radius 1 is 0.703 bits per heavy atom. The van der Waals surface area contributed by atoms with Crippen LogP contribution in [0.1, 0.15) is 57.7 Å². The van der Waals surface area contributed by atoms with Crippen molar-refractivity contribution in [3.63, 3.8) is 0 Å². The van der Waals surface area contributed by atoms with E-state index in [1.807, 2.05) is 0 Å². The van der Waals surface area contributed by atoms with Crippen LogP contribution >= 0.6 is 0 Å². The second kappa shape index (κ2) is 9.25. The highest BCUT2D eigenvalue weighted by molar-refractivity contribution is 7.09. The van der Waals surface area contributed by atoms with E-state index in [4.69, 9.17) is 0 Å². The van der Waals surface area contributed by atoms with Gasteiger partial charge in [0.15, 0.2) is 8.07 Å². The summed E-state index contributed by atoms with van der Waals surface area (Å²) in [6.07, 6.45) is 6.17. The highest BCUT2D eigenvalue weighted by Crippen LogP contribution is 2.49. The average Bonchev–Trinajstić information content (AvgIpc) is 3.41. The standard InChI is InChI=1S/C35H42Si2/c1-25-22-27(35(3,4)5)24-33(25)37(28-16-11-9-12-17-28,29-18-13-10-14-19-29)34-26(2)23-31-30(34)20-15-21-32(31)36(6,7)8/h9-23,34H,24H2,1-8H3. The van der Waals surface area contributed by atoms with Crippen molar-refractivity contribution >= 4 is 37.8 Å². The van der Waals surface area contributed by atoms with Gasteiger partial charge in [0.2, 0.25) is 0 Å². The van der Waals surface area contributed by atoms with Crippen molar-refractivity contribution in [1.82, 2.24) is 0 Å². The van der Waals surface area contributed by atoms with Crippen LogP contribution in [0.4, 0.5) is 0 Å². The summed E-state index contributed by atoms with van der Waals surface area (Å²) in [5, 5.41) is 6.35. The molecule has 3 aromatic rings. The molecule has 0 bridgehead atoms. The molecule has 0 aliphatic heterocycles. The van der Waals surface area contributed by atoms with Crippen molar-refractivity contribution < 1.29 is 0 Å². The summed E-state index contributed by atoms with van der Waals surface area (Å²) in [5.74, 6) is 0. The maximum absolute atomic E-state index is 2.56. The van der Waals surface area contributed by atoms with Crippen molar-refractivity contribution in [2.45, 2.75) is 66.2 Å². The molecule has 0 radical (unpaired) electrons. The maximum Gasteiger partial charge on any atom is 0.156 e. The zero-order chi connectivity index (χ0) is 26.6. The van der Waals surface area contributed by atoms with Crippen LogP contribution in [0.25, 0.3) is 6.08 Å². The van der Waals surface area contributed by atoms with Gasteiger partial charge in [-0.05, 0) is 47.2 Å². The molecule has 0 aromatic heterocycles.